The van der Waals surface area contributed by atoms with Crippen molar-refractivity contribution < 1.29 is 23.9 Å². The van der Waals surface area contributed by atoms with Gasteiger partial charge in [0.05, 0.1) is 13.5 Å². The van der Waals surface area contributed by atoms with E-state index in [4.69, 9.17) is 11.7 Å². The number of rotatable bonds is 10. The normalized spacial score (nSPS) is 10.6. The maximum absolute atomic E-state index is 11.7. The zero-order valence-corrected chi connectivity index (χ0v) is 13.4. The van der Waals surface area contributed by atoms with E-state index in [1.54, 1.807) is 0 Å². The number of carbonyl (C=O) groups is 4. The van der Waals surface area contributed by atoms with Gasteiger partial charge in [-0.3, -0.25) is 30.0 Å². The summed E-state index contributed by atoms with van der Waals surface area (Å²) < 4.78 is 4.45. The molecule has 132 valence electrons. The summed E-state index contributed by atoms with van der Waals surface area (Å²) in [5.41, 5.74) is 2.47. The molecule has 0 aliphatic carbocycles. The summed E-state index contributed by atoms with van der Waals surface area (Å²) >= 11 is 0. The van der Waals surface area contributed by atoms with Gasteiger partial charge >= 0.3 is 5.97 Å². The molecular weight excluding hydrogens is 306 g/mol. The first-order valence-corrected chi connectivity index (χ1v) is 7.17. The molecule has 0 heterocycles. The number of nitrogens with two attached hydrogens (primary N) is 2. The van der Waals surface area contributed by atoms with Crippen LogP contribution in [-0.2, 0) is 23.9 Å². The number of carbonyl (C=O) groups excluding carboxylic acids is 4. The molecule has 0 bridgehead atoms. The maximum atomic E-state index is 11.7. The van der Waals surface area contributed by atoms with Crippen LogP contribution >= 0.6 is 0 Å². The van der Waals surface area contributed by atoms with Crippen molar-refractivity contribution in [1.82, 2.24) is 16.2 Å². The quantitative estimate of drug-likeness (QED) is 0.0787. The third-order valence-corrected chi connectivity index (χ3v) is 3.47. The summed E-state index contributed by atoms with van der Waals surface area (Å²) in [5.74, 6) is 8.22. The summed E-state index contributed by atoms with van der Waals surface area (Å²) in [7, 11) is 1.27. The Morgan fingerprint density at radius 3 is 2.04 bits per heavy atom. The van der Waals surface area contributed by atoms with Crippen LogP contribution in [0.2, 0.25) is 0 Å². The molecule has 0 aromatic heterocycles. The number of hydrazine groups is 2. The van der Waals surface area contributed by atoms with Gasteiger partial charge in [0.2, 0.25) is 17.7 Å². The van der Waals surface area contributed by atoms with Gasteiger partial charge in [-0.15, -0.1) is 0 Å². The number of hydrogen-bond acceptors (Lipinski definition) is 7. The van der Waals surface area contributed by atoms with Gasteiger partial charge in [-0.1, -0.05) is 6.42 Å². The average molecular weight is 331 g/mol. The Balaban J connectivity index is 4.16. The van der Waals surface area contributed by atoms with Crippen molar-refractivity contribution in [3.63, 3.8) is 0 Å². The van der Waals surface area contributed by atoms with Gasteiger partial charge in [0.15, 0.2) is 0 Å². The molecule has 0 aliphatic heterocycles. The van der Waals surface area contributed by atoms with Gasteiger partial charge in [-0.05, 0) is 19.8 Å². The molecule has 0 fully saturated rings. The third kappa shape index (κ3) is 7.06. The van der Waals surface area contributed by atoms with Crippen molar-refractivity contribution in [3.05, 3.63) is 0 Å². The smallest absolute Gasteiger partial charge is 0.307 e. The average Bonchev–Trinajstić information content (AvgIpc) is 2.56. The summed E-state index contributed by atoms with van der Waals surface area (Å²) in [5, 5.41) is 2.58. The van der Waals surface area contributed by atoms with E-state index in [9.17, 15) is 19.2 Å². The molecule has 23 heavy (non-hydrogen) atoms. The van der Waals surface area contributed by atoms with Crippen LogP contribution in [-0.4, -0.2) is 37.3 Å². The lowest BCUT2D eigenvalue weighted by Crippen LogP contribution is -2.53. The summed E-state index contributed by atoms with van der Waals surface area (Å²) in [6.07, 6.45) is 1.42. The molecule has 0 aromatic carbocycles. The van der Waals surface area contributed by atoms with Crippen molar-refractivity contribution >= 4 is 23.7 Å². The lowest BCUT2D eigenvalue weighted by molar-refractivity contribution is -0.143. The Morgan fingerprint density at radius 2 is 1.57 bits per heavy atom. The minimum Gasteiger partial charge on any atom is -0.469 e. The second-order valence-corrected chi connectivity index (χ2v) is 5.16. The lowest BCUT2D eigenvalue weighted by Gasteiger charge is -2.25. The van der Waals surface area contributed by atoms with Crippen LogP contribution < -0.4 is 27.9 Å². The van der Waals surface area contributed by atoms with E-state index in [0.717, 1.165) is 0 Å². The number of esters is 1. The number of nitrogens with one attached hydrogen (secondary N) is 3. The standard InChI is InChI=1S/C13H25N5O5/c1-13(11(21)17-14,12(22)18-15)7-4-3-5-9(19)16-8-6-10(20)23-2/h3-8,14-15H2,1-2H3,(H,16,19)(H,17,21)(H,18,22). The minimum absolute atomic E-state index is 0.105. The van der Waals surface area contributed by atoms with Gasteiger partial charge in [-0.2, -0.15) is 0 Å². The van der Waals surface area contributed by atoms with Crippen LogP contribution in [0.3, 0.4) is 0 Å². The minimum atomic E-state index is -1.40. The fourth-order valence-electron chi connectivity index (χ4n) is 1.91. The van der Waals surface area contributed by atoms with Crippen molar-refractivity contribution in [2.24, 2.45) is 17.1 Å². The van der Waals surface area contributed by atoms with Gasteiger partial charge in [-0.25, -0.2) is 11.7 Å². The Labute approximate surface area is 134 Å². The van der Waals surface area contributed by atoms with E-state index in [1.165, 1.54) is 14.0 Å². The molecule has 0 atom stereocenters. The molecule has 7 N–H and O–H groups in total. The first-order chi connectivity index (χ1) is 10.8. The topological polar surface area (TPSA) is 166 Å². The highest BCUT2D eigenvalue weighted by molar-refractivity contribution is 6.04. The zero-order valence-electron chi connectivity index (χ0n) is 13.4. The van der Waals surface area contributed by atoms with Gasteiger partial charge in [0.1, 0.15) is 5.41 Å². The highest BCUT2D eigenvalue weighted by Crippen LogP contribution is 2.25. The highest BCUT2D eigenvalue weighted by atomic mass is 16.5. The number of methoxy groups -OCH3 is 1. The fraction of sp³-hybridized carbons (Fsp3) is 0.692. The summed E-state index contributed by atoms with van der Waals surface area (Å²) in [6.45, 7) is 1.63. The van der Waals surface area contributed by atoms with Crippen LogP contribution in [0.4, 0.5) is 0 Å². The van der Waals surface area contributed by atoms with Gasteiger partial charge in [0.25, 0.3) is 0 Å². The van der Waals surface area contributed by atoms with Crippen LogP contribution in [0.15, 0.2) is 0 Å². The monoisotopic (exact) mass is 331 g/mol. The van der Waals surface area contributed by atoms with E-state index >= 15 is 0 Å². The SMILES string of the molecule is COC(=O)CCNC(=O)CCCCC(C)(C(=O)NN)C(=O)NN. The predicted molar refractivity (Wildman–Crippen MR) is 80.9 cm³/mol. The number of ether oxygens (including phenoxy) is 1. The van der Waals surface area contributed by atoms with E-state index in [1.807, 2.05) is 10.9 Å². The van der Waals surface area contributed by atoms with Crippen molar-refractivity contribution in [2.45, 2.75) is 39.0 Å². The molecule has 10 nitrogen and oxygen atoms in total. The molecule has 10 heteroatoms. The molecule has 0 rings (SSSR count). The number of unbranched alkanes of at least 4 members (excludes halogenated alkanes) is 1. The summed E-state index contributed by atoms with van der Waals surface area (Å²) in [4.78, 5) is 45.9. The Kier molecular flexibility index (Phi) is 9.51. The highest BCUT2D eigenvalue weighted by Gasteiger charge is 2.39. The van der Waals surface area contributed by atoms with E-state index in [2.05, 4.69) is 10.1 Å². The second kappa shape index (κ2) is 10.5. The molecule has 0 saturated carbocycles. The van der Waals surface area contributed by atoms with Crippen LogP contribution in [0.5, 0.6) is 0 Å². The van der Waals surface area contributed by atoms with Crippen LogP contribution in [0.1, 0.15) is 39.0 Å². The Hall–Kier alpha value is -2.20. The number of amides is 3. The molecule has 0 unspecified atom stereocenters. The molecule has 3 amide bonds. The van der Waals surface area contributed by atoms with Crippen LogP contribution in [0, 0.1) is 5.41 Å². The molecule has 0 spiro atoms. The number of hydrogen-bond donors (Lipinski definition) is 5. The molecule has 0 saturated heterocycles. The lowest BCUT2D eigenvalue weighted by atomic mass is 9.83. The second-order valence-electron chi connectivity index (χ2n) is 5.16. The van der Waals surface area contributed by atoms with Crippen LogP contribution in [0.25, 0.3) is 0 Å². The zero-order chi connectivity index (χ0) is 17.9. The van der Waals surface area contributed by atoms with Crippen molar-refractivity contribution in [3.8, 4) is 0 Å². The van der Waals surface area contributed by atoms with Crippen molar-refractivity contribution in [1.29, 1.82) is 0 Å². The van der Waals surface area contributed by atoms with Crippen molar-refractivity contribution in [2.75, 3.05) is 13.7 Å². The summed E-state index contributed by atoms with van der Waals surface area (Å²) in [6, 6.07) is 0. The third-order valence-electron chi connectivity index (χ3n) is 3.47. The molecule has 0 aliphatic rings. The molecular formula is C13H25N5O5. The molecule has 0 aromatic rings. The Morgan fingerprint density at radius 1 is 1.00 bits per heavy atom. The largest absolute Gasteiger partial charge is 0.469 e. The van der Waals surface area contributed by atoms with E-state index in [0.29, 0.717) is 12.8 Å². The first-order valence-electron chi connectivity index (χ1n) is 7.17. The fourth-order valence-corrected chi connectivity index (χ4v) is 1.91. The van der Waals surface area contributed by atoms with Gasteiger partial charge in [0, 0.05) is 13.0 Å². The Bertz CT molecular complexity index is 424. The van der Waals surface area contributed by atoms with E-state index in [-0.39, 0.29) is 31.7 Å². The predicted octanol–water partition coefficient (Wildman–Crippen LogP) is -1.79. The maximum Gasteiger partial charge on any atom is 0.307 e. The van der Waals surface area contributed by atoms with Gasteiger partial charge < -0.3 is 10.1 Å². The molecule has 0 radical (unpaired) electrons. The van der Waals surface area contributed by atoms with E-state index < -0.39 is 23.2 Å². The first kappa shape index (κ1) is 20.8.